The normalized spacial score (nSPS) is 11.5. The Morgan fingerprint density at radius 1 is 1.12 bits per heavy atom. The number of carbonyl (C=O) groups excluding carboxylic acids is 3. The van der Waals surface area contributed by atoms with Gasteiger partial charge in [-0.2, -0.15) is 0 Å². The zero-order valence-electron chi connectivity index (χ0n) is 14.5. The molecule has 132 valence electrons. The fraction of sp³-hybridized carbons (Fsp3) is 0.471. The van der Waals surface area contributed by atoms with Crippen molar-refractivity contribution in [2.24, 2.45) is 0 Å². The summed E-state index contributed by atoms with van der Waals surface area (Å²) in [6.45, 7) is 5.73. The standard InChI is InChI=1S/C17H24N2O5/c1-11-5-6-14(9-12(11)2)17(22)19-10-15(20)24-13(3)16(21)18-7-8-23-4/h5-6,9,13H,7-8,10H2,1-4H3,(H,18,21)(H,19,22)/t13-/m0/s1. The molecule has 7 nitrogen and oxygen atoms in total. The number of amides is 2. The Labute approximate surface area is 141 Å². The molecule has 2 N–H and O–H groups in total. The average molecular weight is 336 g/mol. The van der Waals surface area contributed by atoms with Crippen LogP contribution in [-0.2, 0) is 19.1 Å². The third-order valence-corrected chi connectivity index (χ3v) is 3.45. The van der Waals surface area contributed by atoms with Crippen molar-refractivity contribution in [3.63, 3.8) is 0 Å². The molecule has 7 heteroatoms. The molecular weight excluding hydrogens is 312 g/mol. The monoisotopic (exact) mass is 336 g/mol. The largest absolute Gasteiger partial charge is 0.451 e. The van der Waals surface area contributed by atoms with Gasteiger partial charge in [0.25, 0.3) is 11.8 Å². The maximum absolute atomic E-state index is 12.0. The van der Waals surface area contributed by atoms with Crippen LogP contribution in [0.1, 0.15) is 28.4 Å². The lowest BCUT2D eigenvalue weighted by Gasteiger charge is -2.13. The van der Waals surface area contributed by atoms with Gasteiger partial charge in [-0.15, -0.1) is 0 Å². The van der Waals surface area contributed by atoms with E-state index in [9.17, 15) is 14.4 Å². The summed E-state index contributed by atoms with van der Waals surface area (Å²) in [6, 6.07) is 5.28. The maximum Gasteiger partial charge on any atom is 0.326 e. The van der Waals surface area contributed by atoms with Crippen LogP contribution in [0.3, 0.4) is 0 Å². The van der Waals surface area contributed by atoms with Crippen molar-refractivity contribution in [2.45, 2.75) is 26.9 Å². The van der Waals surface area contributed by atoms with E-state index < -0.39 is 18.0 Å². The van der Waals surface area contributed by atoms with E-state index >= 15 is 0 Å². The summed E-state index contributed by atoms with van der Waals surface area (Å²) in [5.41, 5.74) is 2.54. The zero-order valence-corrected chi connectivity index (χ0v) is 14.5. The van der Waals surface area contributed by atoms with Crippen LogP contribution in [0.5, 0.6) is 0 Å². The van der Waals surface area contributed by atoms with E-state index in [-0.39, 0.29) is 12.5 Å². The van der Waals surface area contributed by atoms with Gasteiger partial charge in [0.1, 0.15) is 6.54 Å². The molecule has 0 heterocycles. The van der Waals surface area contributed by atoms with Gasteiger partial charge >= 0.3 is 5.97 Å². The van der Waals surface area contributed by atoms with Gasteiger partial charge in [0.05, 0.1) is 6.61 Å². The summed E-state index contributed by atoms with van der Waals surface area (Å²) in [7, 11) is 1.52. The van der Waals surface area contributed by atoms with Crippen molar-refractivity contribution in [3.05, 3.63) is 34.9 Å². The van der Waals surface area contributed by atoms with Crippen molar-refractivity contribution in [1.29, 1.82) is 0 Å². The molecule has 1 aromatic carbocycles. The van der Waals surface area contributed by atoms with Crippen LogP contribution in [0.15, 0.2) is 18.2 Å². The molecule has 2 amide bonds. The second-order valence-electron chi connectivity index (χ2n) is 5.40. The lowest BCUT2D eigenvalue weighted by Crippen LogP contribution is -2.39. The van der Waals surface area contributed by atoms with Gasteiger partial charge in [-0.1, -0.05) is 6.07 Å². The molecule has 0 saturated carbocycles. The molecule has 0 saturated heterocycles. The van der Waals surface area contributed by atoms with E-state index in [1.807, 2.05) is 19.9 Å². The first-order chi connectivity index (χ1) is 11.3. The number of rotatable bonds is 8. The van der Waals surface area contributed by atoms with E-state index in [0.29, 0.717) is 18.7 Å². The molecule has 0 radical (unpaired) electrons. The fourth-order valence-corrected chi connectivity index (χ4v) is 1.85. The minimum atomic E-state index is -0.937. The molecule has 1 aromatic rings. The Balaban J connectivity index is 2.40. The summed E-state index contributed by atoms with van der Waals surface area (Å²) < 4.78 is 9.77. The number of hydrogen-bond donors (Lipinski definition) is 2. The van der Waals surface area contributed by atoms with Gasteiger partial charge in [-0.3, -0.25) is 14.4 Å². The van der Waals surface area contributed by atoms with Crippen LogP contribution in [0, 0.1) is 13.8 Å². The molecule has 0 spiro atoms. The van der Waals surface area contributed by atoms with Crippen LogP contribution in [0.2, 0.25) is 0 Å². The number of nitrogens with one attached hydrogen (secondary N) is 2. The van der Waals surface area contributed by atoms with Crippen molar-refractivity contribution < 1.29 is 23.9 Å². The van der Waals surface area contributed by atoms with Crippen molar-refractivity contribution >= 4 is 17.8 Å². The van der Waals surface area contributed by atoms with Crippen LogP contribution in [-0.4, -0.2) is 50.7 Å². The number of benzene rings is 1. The third kappa shape index (κ3) is 6.37. The summed E-state index contributed by atoms with van der Waals surface area (Å²) >= 11 is 0. The number of hydrogen-bond acceptors (Lipinski definition) is 5. The first-order valence-electron chi connectivity index (χ1n) is 7.66. The van der Waals surface area contributed by atoms with E-state index in [4.69, 9.17) is 9.47 Å². The van der Waals surface area contributed by atoms with E-state index in [1.165, 1.54) is 14.0 Å². The smallest absolute Gasteiger partial charge is 0.326 e. The molecule has 0 fully saturated rings. The van der Waals surface area contributed by atoms with Gasteiger partial charge in [0.2, 0.25) is 0 Å². The molecule has 1 rings (SSSR count). The first kappa shape index (κ1) is 19.6. The highest BCUT2D eigenvalue weighted by atomic mass is 16.5. The first-order valence-corrected chi connectivity index (χ1v) is 7.66. The lowest BCUT2D eigenvalue weighted by atomic mass is 10.1. The van der Waals surface area contributed by atoms with E-state index in [0.717, 1.165) is 11.1 Å². The number of ether oxygens (including phenoxy) is 2. The molecule has 0 unspecified atom stereocenters. The Hall–Kier alpha value is -2.41. The topological polar surface area (TPSA) is 93.7 Å². The number of aryl methyl sites for hydroxylation is 2. The Morgan fingerprint density at radius 3 is 2.46 bits per heavy atom. The highest BCUT2D eigenvalue weighted by Gasteiger charge is 2.18. The molecule has 0 aromatic heterocycles. The Bertz CT molecular complexity index is 601. The second kappa shape index (κ2) is 9.67. The molecule has 24 heavy (non-hydrogen) atoms. The molecular formula is C17H24N2O5. The van der Waals surface area contributed by atoms with Crippen LogP contribution in [0.25, 0.3) is 0 Å². The average Bonchev–Trinajstić information content (AvgIpc) is 2.55. The van der Waals surface area contributed by atoms with Crippen LogP contribution < -0.4 is 10.6 Å². The zero-order chi connectivity index (χ0) is 18.1. The molecule has 0 bridgehead atoms. The minimum Gasteiger partial charge on any atom is -0.451 e. The number of methoxy groups -OCH3 is 1. The van der Waals surface area contributed by atoms with Gasteiger partial charge in [-0.25, -0.2) is 0 Å². The highest BCUT2D eigenvalue weighted by Crippen LogP contribution is 2.09. The number of carbonyl (C=O) groups is 3. The predicted molar refractivity (Wildman–Crippen MR) is 88.7 cm³/mol. The summed E-state index contributed by atoms with van der Waals surface area (Å²) in [6.07, 6.45) is -0.937. The van der Waals surface area contributed by atoms with Crippen molar-refractivity contribution in [2.75, 3.05) is 26.8 Å². The van der Waals surface area contributed by atoms with E-state index in [1.54, 1.807) is 12.1 Å². The molecule has 0 aliphatic rings. The quantitative estimate of drug-likeness (QED) is 0.539. The van der Waals surface area contributed by atoms with Gasteiger partial charge in [0, 0.05) is 19.2 Å². The van der Waals surface area contributed by atoms with Crippen LogP contribution in [0.4, 0.5) is 0 Å². The minimum absolute atomic E-state index is 0.304. The predicted octanol–water partition coefficient (Wildman–Crippen LogP) is 0.728. The highest BCUT2D eigenvalue weighted by molar-refractivity contribution is 5.96. The number of esters is 1. The summed E-state index contributed by atoms with van der Waals surface area (Å²) in [5.74, 6) is -1.46. The van der Waals surface area contributed by atoms with Gasteiger partial charge in [0.15, 0.2) is 6.10 Å². The third-order valence-electron chi connectivity index (χ3n) is 3.45. The van der Waals surface area contributed by atoms with Gasteiger partial charge in [-0.05, 0) is 44.0 Å². The summed E-state index contributed by atoms with van der Waals surface area (Å²) in [5, 5.41) is 5.04. The molecule has 1 atom stereocenters. The fourth-order valence-electron chi connectivity index (χ4n) is 1.85. The van der Waals surface area contributed by atoms with Crippen molar-refractivity contribution in [3.8, 4) is 0 Å². The van der Waals surface area contributed by atoms with Crippen molar-refractivity contribution in [1.82, 2.24) is 10.6 Å². The molecule has 0 aliphatic carbocycles. The lowest BCUT2D eigenvalue weighted by molar-refractivity contribution is -0.153. The molecule has 0 aliphatic heterocycles. The van der Waals surface area contributed by atoms with E-state index in [2.05, 4.69) is 10.6 Å². The second-order valence-corrected chi connectivity index (χ2v) is 5.40. The van der Waals surface area contributed by atoms with Crippen LogP contribution >= 0.6 is 0 Å². The SMILES string of the molecule is COCCNC(=O)[C@H](C)OC(=O)CNC(=O)c1ccc(C)c(C)c1. The summed E-state index contributed by atoms with van der Waals surface area (Å²) in [4.78, 5) is 35.3. The van der Waals surface area contributed by atoms with Gasteiger partial charge < -0.3 is 20.1 Å². The maximum atomic E-state index is 12.0. The Morgan fingerprint density at radius 2 is 1.83 bits per heavy atom. The Kier molecular flexibility index (Phi) is 7.91.